The third-order valence-electron chi connectivity index (χ3n) is 6.07. The molecule has 0 aliphatic carbocycles. The van der Waals surface area contributed by atoms with Crippen LogP contribution in [0.3, 0.4) is 0 Å². The molecule has 34 heavy (non-hydrogen) atoms. The monoisotopic (exact) mass is 485 g/mol. The van der Waals surface area contributed by atoms with Crippen molar-refractivity contribution in [1.29, 1.82) is 0 Å². The summed E-state index contributed by atoms with van der Waals surface area (Å²) >= 11 is 1.24. The number of ether oxygens (including phenoxy) is 1. The van der Waals surface area contributed by atoms with Crippen LogP contribution in [0.25, 0.3) is 0 Å². The fourth-order valence-electron chi connectivity index (χ4n) is 4.25. The van der Waals surface area contributed by atoms with Crippen LogP contribution in [0, 0.1) is 13.8 Å². The van der Waals surface area contributed by atoms with Gasteiger partial charge in [-0.25, -0.2) is 9.78 Å². The molecular formula is C25H31N3O5S. The topological polar surface area (TPSA) is 100 Å². The Balaban J connectivity index is 2.00. The van der Waals surface area contributed by atoms with Gasteiger partial charge in [0.25, 0.3) is 5.91 Å². The van der Waals surface area contributed by atoms with Crippen molar-refractivity contribution in [3.05, 3.63) is 62.3 Å². The lowest BCUT2D eigenvalue weighted by Gasteiger charge is -2.28. The average Bonchev–Trinajstić information content (AvgIpc) is 3.31. The fourth-order valence-corrected chi connectivity index (χ4v) is 5.12. The predicted octanol–water partition coefficient (Wildman–Crippen LogP) is 3.86. The average molecular weight is 486 g/mol. The molecule has 1 N–H and O–H groups in total. The quantitative estimate of drug-likeness (QED) is 0.403. The molecule has 8 nitrogen and oxygen atoms in total. The molecule has 0 saturated heterocycles. The van der Waals surface area contributed by atoms with Gasteiger partial charge < -0.3 is 19.6 Å². The van der Waals surface area contributed by atoms with Crippen molar-refractivity contribution >= 4 is 29.0 Å². The van der Waals surface area contributed by atoms with E-state index in [1.54, 1.807) is 36.1 Å². The van der Waals surface area contributed by atoms with Crippen molar-refractivity contribution in [3.8, 4) is 0 Å². The molecular weight excluding hydrogens is 454 g/mol. The summed E-state index contributed by atoms with van der Waals surface area (Å²) in [4.78, 5) is 47.1. The SMILES string of the molecule is CCN(CC)CCCN1C(=O)C(O)=C(C(=O)c2sc(C)nc2C)[C@@H]1c1ccc(C(=O)OC)cc1. The van der Waals surface area contributed by atoms with Crippen LogP contribution in [0.1, 0.15) is 62.6 Å². The summed E-state index contributed by atoms with van der Waals surface area (Å²) in [5.41, 5.74) is 1.61. The maximum Gasteiger partial charge on any atom is 0.337 e. The second-order valence-corrected chi connectivity index (χ2v) is 9.34. The summed E-state index contributed by atoms with van der Waals surface area (Å²) < 4.78 is 4.77. The van der Waals surface area contributed by atoms with Crippen LogP contribution in [0.4, 0.5) is 0 Å². The number of hydrogen-bond donors (Lipinski definition) is 1. The highest BCUT2D eigenvalue weighted by Gasteiger charge is 2.44. The number of aliphatic hydroxyl groups is 1. The number of ketones is 1. The molecule has 9 heteroatoms. The zero-order chi connectivity index (χ0) is 25.0. The van der Waals surface area contributed by atoms with E-state index < -0.39 is 29.5 Å². The summed E-state index contributed by atoms with van der Waals surface area (Å²) in [6.45, 7) is 10.7. The van der Waals surface area contributed by atoms with Crippen LogP contribution < -0.4 is 0 Å². The van der Waals surface area contributed by atoms with Crippen molar-refractivity contribution < 1.29 is 24.2 Å². The Morgan fingerprint density at radius 3 is 2.35 bits per heavy atom. The number of methoxy groups -OCH3 is 1. The molecule has 3 rings (SSSR count). The zero-order valence-electron chi connectivity index (χ0n) is 20.3. The van der Waals surface area contributed by atoms with E-state index in [4.69, 9.17) is 4.74 Å². The van der Waals surface area contributed by atoms with Gasteiger partial charge in [-0.2, -0.15) is 0 Å². The number of aliphatic hydroxyl groups excluding tert-OH is 1. The molecule has 0 spiro atoms. The van der Waals surface area contributed by atoms with Crippen molar-refractivity contribution in [2.75, 3.05) is 33.3 Å². The molecule has 0 fully saturated rings. The number of thiazole rings is 1. The zero-order valence-corrected chi connectivity index (χ0v) is 21.1. The summed E-state index contributed by atoms with van der Waals surface area (Å²) in [7, 11) is 1.31. The van der Waals surface area contributed by atoms with Crippen LogP contribution in [-0.4, -0.2) is 70.8 Å². The Morgan fingerprint density at radius 1 is 1.18 bits per heavy atom. The molecule has 0 radical (unpaired) electrons. The molecule has 2 aromatic rings. The number of carbonyl (C=O) groups excluding carboxylic acids is 3. The van der Waals surface area contributed by atoms with E-state index in [0.717, 1.165) is 24.6 Å². The summed E-state index contributed by atoms with van der Waals surface area (Å²) in [5, 5.41) is 11.6. The second-order valence-electron chi connectivity index (χ2n) is 8.13. The summed E-state index contributed by atoms with van der Waals surface area (Å²) in [6, 6.07) is 5.82. The minimum atomic E-state index is -0.759. The molecule has 0 unspecified atom stereocenters. The molecule has 1 aliphatic heterocycles. The maximum atomic E-state index is 13.6. The Kier molecular flexibility index (Phi) is 8.22. The minimum absolute atomic E-state index is 0.0467. The predicted molar refractivity (Wildman–Crippen MR) is 130 cm³/mol. The minimum Gasteiger partial charge on any atom is -0.503 e. The van der Waals surface area contributed by atoms with Gasteiger partial charge in [0.05, 0.1) is 39.9 Å². The van der Waals surface area contributed by atoms with Gasteiger partial charge in [-0.05, 0) is 57.6 Å². The maximum absolute atomic E-state index is 13.6. The molecule has 1 aromatic carbocycles. The van der Waals surface area contributed by atoms with Crippen LogP contribution in [0.15, 0.2) is 35.6 Å². The first-order valence-corrected chi connectivity index (χ1v) is 12.2. The fraction of sp³-hybridized carbons (Fsp3) is 0.440. The van der Waals surface area contributed by atoms with Gasteiger partial charge in [-0.3, -0.25) is 9.59 Å². The number of benzene rings is 1. The number of nitrogens with zero attached hydrogens (tertiary/aromatic N) is 3. The summed E-state index contributed by atoms with van der Waals surface area (Å²) in [6.07, 6.45) is 0.692. The van der Waals surface area contributed by atoms with Gasteiger partial charge in [0.15, 0.2) is 5.76 Å². The highest BCUT2D eigenvalue weighted by Crippen LogP contribution is 2.40. The first-order valence-electron chi connectivity index (χ1n) is 11.4. The first-order chi connectivity index (χ1) is 16.2. The molecule has 1 atom stereocenters. The van der Waals surface area contributed by atoms with Crippen LogP contribution in [-0.2, 0) is 9.53 Å². The van der Waals surface area contributed by atoms with E-state index in [1.807, 2.05) is 6.92 Å². The van der Waals surface area contributed by atoms with Gasteiger partial charge in [0.1, 0.15) is 0 Å². The number of rotatable bonds is 10. The van der Waals surface area contributed by atoms with E-state index in [1.165, 1.54) is 18.4 Å². The van der Waals surface area contributed by atoms with Crippen molar-refractivity contribution in [2.45, 2.75) is 40.2 Å². The standard InChI is InChI=1S/C25H31N3O5S/c1-6-27(7-2)13-8-14-28-20(17-9-11-18(12-10-17)25(32)33-5)19(22(30)24(28)31)21(29)23-15(3)26-16(4)34-23/h9-12,20,30H,6-8,13-14H2,1-5H3/t20-/m0/s1. The highest BCUT2D eigenvalue weighted by atomic mass is 32.1. The normalized spacial score (nSPS) is 16.0. The lowest BCUT2D eigenvalue weighted by atomic mass is 9.94. The van der Waals surface area contributed by atoms with E-state index in [9.17, 15) is 19.5 Å². The van der Waals surface area contributed by atoms with Crippen LogP contribution in [0.2, 0.25) is 0 Å². The van der Waals surface area contributed by atoms with E-state index in [-0.39, 0.29) is 5.57 Å². The van der Waals surface area contributed by atoms with Crippen molar-refractivity contribution in [2.24, 2.45) is 0 Å². The Labute approximate surface area is 203 Å². The smallest absolute Gasteiger partial charge is 0.337 e. The molecule has 1 aromatic heterocycles. The molecule has 1 amide bonds. The second kappa shape index (κ2) is 10.9. The Morgan fingerprint density at radius 2 is 1.82 bits per heavy atom. The van der Waals surface area contributed by atoms with E-state index in [2.05, 4.69) is 23.7 Å². The number of carbonyl (C=O) groups is 3. The van der Waals surface area contributed by atoms with Gasteiger partial charge in [-0.1, -0.05) is 26.0 Å². The molecule has 1 aliphatic rings. The van der Waals surface area contributed by atoms with Crippen molar-refractivity contribution in [1.82, 2.24) is 14.8 Å². The van der Waals surface area contributed by atoms with Crippen LogP contribution >= 0.6 is 11.3 Å². The number of hydrogen-bond acceptors (Lipinski definition) is 8. The summed E-state index contributed by atoms with van der Waals surface area (Å²) in [5.74, 6) is -1.97. The van der Waals surface area contributed by atoms with Crippen molar-refractivity contribution in [3.63, 3.8) is 0 Å². The lowest BCUT2D eigenvalue weighted by molar-refractivity contribution is -0.129. The first kappa shape index (κ1) is 25.6. The lowest BCUT2D eigenvalue weighted by Crippen LogP contribution is -2.34. The molecule has 2 heterocycles. The largest absolute Gasteiger partial charge is 0.503 e. The van der Waals surface area contributed by atoms with E-state index in [0.29, 0.717) is 34.7 Å². The number of Topliss-reactive ketones (excluding diaryl/α,β-unsaturated/α-hetero) is 1. The number of amides is 1. The number of esters is 1. The van der Waals surface area contributed by atoms with Gasteiger partial charge in [-0.15, -0.1) is 11.3 Å². The van der Waals surface area contributed by atoms with Gasteiger partial charge >= 0.3 is 5.97 Å². The molecule has 0 bridgehead atoms. The van der Waals surface area contributed by atoms with Crippen LogP contribution in [0.5, 0.6) is 0 Å². The van der Waals surface area contributed by atoms with E-state index >= 15 is 0 Å². The third kappa shape index (κ3) is 5.05. The number of aryl methyl sites for hydroxylation is 2. The van der Waals surface area contributed by atoms with Gasteiger partial charge in [0, 0.05) is 6.54 Å². The van der Waals surface area contributed by atoms with Gasteiger partial charge in [0.2, 0.25) is 5.78 Å². The third-order valence-corrected chi connectivity index (χ3v) is 7.14. The Hall–Kier alpha value is -3.04. The Bertz CT molecular complexity index is 1100. The molecule has 182 valence electrons. The number of aromatic nitrogens is 1. The molecule has 0 saturated carbocycles. The highest BCUT2D eigenvalue weighted by molar-refractivity contribution is 7.14.